The zero-order chi connectivity index (χ0) is 24.5. The van der Waals surface area contributed by atoms with E-state index in [0.717, 1.165) is 47.3 Å². The highest BCUT2D eigenvalue weighted by Gasteiger charge is 2.50. The Balaban J connectivity index is 1.45. The number of rotatable bonds is 9. The number of pyridine rings is 1. The molecule has 0 saturated heterocycles. The van der Waals surface area contributed by atoms with Gasteiger partial charge in [0.05, 0.1) is 12.2 Å². The van der Waals surface area contributed by atoms with Gasteiger partial charge < -0.3 is 0 Å². The van der Waals surface area contributed by atoms with Crippen molar-refractivity contribution >= 4 is 0 Å². The summed E-state index contributed by atoms with van der Waals surface area (Å²) in [6, 6.07) is 12.4. The number of aromatic amines is 1. The van der Waals surface area contributed by atoms with Crippen molar-refractivity contribution in [3.05, 3.63) is 70.7 Å². The molecule has 3 aromatic heterocycles. The van der Waals surface area contributed by atoms with Gasteiger partial charge in [0, 0.05) is 29.7 Å². The summed E-state index contributed by atoms with van der Waals surface area (Å²) in [5.41, 5.74) is 5.07. The Morgan fingerprint density at radius 2 is 1.91 bits per heavy atom. The lowest BCUT2D eigenvalue weighted by molar-refractivity contribution is 0.494. The fourth-order valence-electron chi connectivity index (χ4n) is 5.43. The molecule has 3 heterocycles. The van der Waals surface area contributed by atoms with Crippen molar-refractivity contribution in [3.8, 4) is 22.5 Å². The van der Waals surface area contributed by atoms with Crippen molar-refractivity contribution in [2.75, 3.05) is 0 Å². The van der Waals surface area contributed by atoms with Crippen LogP contribution in [0.25, 0.3) is 22.5 Å². The summed E-state index contributed by atoms with van der Waals surface area (Å²) in [5.74, 6) is 2.31. The molecule has 1 aromatic carbocycles. The molecule has 8 nitrogen and oxygen atoms in total. The van der Waals surface area contributed by atoms with E-state index in [0.29, 0.717) is 36.2 Å². The predicted molar refractivity (Wildman–Crippen MR) is 136 cm³/mol. The molecular weight excluding hydrogens is 438 g/mol. The van der Waals surface area contributed by atoms with Gasteiger partial charge in [0.15, 0.2) is 5.82 Å². The number of nitrogens with zero attached hydrogens (tertiary/aromatic N) is 6. The maximum absolute atomic E-state index is 13.6. The highest BCUT2D eigenvalue weighted by Crippen LogP contribution is 2.53. The Kier molecular flexibility index (Phi) is 6.36. The van der Waals surface area contributed by atoms with Gasteiger partial charge in [-0.1, -0.05) is 52.3 Å². The second-order valence-electron chi connectivity index (χ2n) is 10.0. The van der Waals surface area contributed by atoms with Crippen molar-refractivity contribution in [2.45, 2.75) is 59.5 Å². The number of aryl methyl sites for hydroxylation is 1. The lowest BCUT2D eigenvalue weighted by atomic mass is 10.0. The zero-order valence-corrected chi connectivity index (χ0v) is 20.8. The van der Waals surface area contributed by atoms with Gasteiger partial charge in [0.2, 0.25) is 0 Å². The van der Waals surface area contributed by atoms with E-state index in [1.807, 2.05) is 33.5 Å². The third kappa shape index (κ3) is 4.57. The molecule has 1 saturated carbocycles. The number of hydrogen-bond donors (Lipinski definition) is 1. The quantitative estimate of drug-likeness (QED) is 0.380. The normalized spacial score (nSPS) is 19.4. The van der Waals surface area contributed by atoms with Crippen LogP contribution in [0.3, 0.4) is 0 Å². The highest BCUT2D eigenvalue weighted by molar-refractivity contribution is 5.70. The number of aromatic nitrogens is 7. The SMILES string of the molecule is CCCCc1cn(C2C(C)C2C(C)C)c(=O)n1Cc1cc(-c2cccc(-c3nnn[nH]3)c2)ccn1. The summed E-state index contributed by atoms with van der Waals surface area (Å²) in [6.07, 6.45) is 6.99. The second kappa shape index (κ2) is 9.60. The molecule has 0 radical (unpaired) electrons. The summed E-state index contributed by atoms with van der Waals surface area (Å²) in [4.78, 5) is 18.2. The van der Waals surface area contributed by atoms with Gasteiger partial charge >= 0.3 is 5.69 Å². The van der Waals surface area contributed by atoms with E-state index < -0.39 is 0 Å². The third-order valence-electron chi connectivity index (χ3n) is 7.31. The Morgan fingerprint density at radius 3 is 2.63 bits per heavy atom. The Morgan fingerprint density at radius 1 is 1.11 bits per heavy atom. The number of tetrazole rings is 1. The summed E-state index contributed by atoms with van der Waals surface area (Å²) in [5, 5.41) is 14.2. The first kappa shape index (κ1) is 23.2. The fraction of sp³-hybridized carbons (Fsp3) is 0.444. The van der Waals surface area contributed by atoms with Gasteiger partial charge in [-0.05, 0) is 70.3 Å². The highest BCUT2D eigenvalue weighted by atomic mass is 16.1. The second-order valence-corrected chi connectivity index (χ2v) is 10.0. The van der Waals surface area contributed by atoms with Crippen molar-refractivity contribution in [2.24, 2.45) is 17.8 Å². The molecule has 3 unspecified atom stereocenters. The third-order valence-corrected chi connectivity index (χ3v) is 7.31. The van der Waals surface area contributed by atoms with Crippen LogP contribution in [0, 0.1) is 17.8 Å². The van der Waals surface area contributed by atoms with Crippen molar-refractivity contribution < 1.29 is 0 Å². The van der Waals surface area contributed by atoms with Gasteiger partial charge in [0.1, 0.15) is 0 Å². The molecule has 3 atom stereocenters. The van der Waals surface area contributed by atoms with Crippen LogP contribution >= 0.6 is 0 Å². The van der Waals surface area contributed by atoms with E-state index in [4.69, 9.17) is 0 Å². The maximum Gasteiger partial charge on any atom is 0.328 e. The molecule has 1 aliphatic rings. The smallest absolute Gasteiger partial charge is 0.295 e. The Hall–Kier alpha value is -3.55. The molecule has 8 heteroatoms. The Labute approximate surface area is 205 Å². The average molecular weight is 472 g/mol. The largest absolute Gasteiger partial charge is 0.328 e. The van der Waals surface area contributed by atoms with Gasteiger partial charge in [-0.2, -0.15) is 0 Å². The summed E-state index contributed by atoms with van der Waals surface area (Å²) >= 11 is 0. The van der Waals surface area contributed by atoms with Crippen LogP contribution in [0.2, 0.25) is 0 Å². The molecule has 0 amide bonds. The minimum Gasteiger partial charge on any atom is -0.295 e. The molecular formula is C27H33N7O. The van der Waals surface area contributed by atoms with Crippen LogP contribution in [0.1, 0.15) is 58.0 Å². The molecule has 35 heavy (non-hydrogen) atoms. The van der Waals surface area contributed by atoms with Gasteiger partial charge in [-0.3, -0.25) is 14.1 Å². The summed E-state index contributed by atoms with van der Waals surface area (Å²) < 4.78 is 3.93. The topological polar surface area (TPSA) is 94.3 Å². The first-order valence-corrected chi connectivity index (χ1v) is 12.6. The lowest BCUT2D eigenvalue weighted by Gasteiger charge is -2.09. The lowest BCUT2D eigenvalue weighted by Crippen LogP contribution is -2.26. The fourth-order valence-corrected chi connectivity index (χ4v) is 5.43. The monoisotopic (exact) mass is 471 g/mol. The summed E-state index contributed by atoms with van der Waals surface area (Å²) in [6.45, 7) is 9.43. The standard InChI is InChI=1S/C27H33N7O/c1-5-6-10-23-16-34(25-18(4)24(25)17(2)3)27(35)33(23)15-22-14-20(11-12-28-22)19-8-7-9-21(13-19)26-29-31-32-30-26/h7-9,11-14,16-18,24-25H,5-6,10,15H2,1-4H3,(H,29,30,31,32). The van der Waals surface area contributed by atoms with E-state index >= 15 is 0 Å². The van der Waals surface area contributed by atoms with E-state index in [-0.39, 0.29) is 5.69 Å². The van der Waals surface area contributed by atoms with Crippen molar-refractivity contribution in [3.63, 3.8) is 0 Å². The molecule has 1 fully saturated rings. The first-order valence-electron chi connectivity index (χ1n) is 12.6. The van der Waals surface area contributed by atoms with Crippen LogP contribution in [0.5, 0.6) is 0 Å². The number of hydrogen-bond acceptors (Lipinski definition) is 5. The maximum atomic E-state index is 13.6. The van der Waals surface area contributed by atoms with Gasteiger partial charge in [-0.25, -0.2) is 9.89 Å². The summed E-state index contributed by atoms with van der Waals surface area (Å²) in [7, 11) is 0. The van der Waals surface area contributed by atoms with Crippen molar-refractivity contribution in [1.82, 2.24) is 34.7 Å². The molecule has 4 aromatic rings. The van der Waals surface area contributed by atoms with E-state index in [2.05, 4.69) is 77.7 Å². The Bertz CT molecular complexity index is 1350. The van der Waals surface area contributed by atoms with Crippen LogP contribution in [0.4, 0.5) is 0 Å². The number of unbranched alkanes of at least 4 members (excludes halogenated alkanes) is 1. The van der Waals surface area contributed by atoms with Gasteiger partial charge in [-0.15, -0.1) is 5.10 Å². The molecule has 182 valence electrons. The van der Waals surface area contributed by atoms with E-state index in [1.54, 1.807) is 0 Å². The zero-order valence-electron chi connectivity index (χ0n) is 20.8. The minimum atomic E-state index is 0.0862. The van der Waals surface area contributed by atoms with E-state index in [1.165, 1.54) is 0 Å². The number of nitrogens with one attached hydrogen (secondary N) is 1. The molecule has 0 spiro atoms. The van der Waals surface area contributed by atoms with Crippen LogP contribution in [-0.4, -0.2) is 34.7 Å². The molecule has 1 N–H and O–H groups in total. The van der Waals surface area contributed by atoms with Crippen LogP contribution in [-0.2, 0) is 13.0 Å². The molecule has 5 rings (SSSR count). The van der Waals surface area contributed by atoms with Crippen molar-refractivity contribution in [1.29, 1.82) is 0 Å². The van der Waals surface area contributed by atoms with Crippen LogP contribution < -0.4 is 5.69 Å². The van der Waals surface area contributed by atoms with Gasteiger partial charge in [0.25, 0.3) is 0 Å². The predicted octanol–water partition coefficient (Wildman–Crippen LogP) is 4.75. The first-order chi connectivity index (χ1) is 17.0. The number of benzene rings is 1. The average Bonchev–Trinajstić information content (AvgIpc) is 3.18. The minimum absolute atomic E-state index is 0.0862. The molecule has 0 aliphatic heterocycles. The number of imidazole rings is 1. The molecule has 1 aliphatic carbocycles. The molecule has 0 bridgehead atoms. The van der Waals surface area contributed by atoms with E-state index in [9.17, 15) is 4.79 Å². The number of H-pyrrole nitrogens is 1. The van der Waals surface area contributed by atoms with Crippen LogP contribution in [0.15, 0.2) is 53.6 Å².